The van der Waals surface area contributed by atoms with E-state index in [1.807, 2.05) is 32.9 Å². The summed E-state index contributed by atoms with van der Waals surface area (Å²) in [6.07, 6.45) is 2.77. The molecular formula is C17H26N2O3. The SMILES string of the molecule is CC(C)(C)OC(=O)NCC1(c2ccc(O)cc2)CCCCN1. The molecule has 1 aliphatic rings. The van der Waals surface area contributed by atoms with Crippen LogP contribution in [-0.2, 0) is 10.3 Å². The van der Waals surface area contributed by atoms with Crippen LogP contribution >= 0.6 is 0 Å². The van der Waals surface area contributed by atoms with Crippen molar-refractivity contribution < 1.29 is 14.6 Å². The Bertz CT molecular complexity index is 500. The number of phenolic OH excluding ortho intramolecular Hbond substituents is 1. The highest BCUT2D eigenvalue weighted by Crippen LogP contribution is 2.31. The molecular weight excluding hydrogens is 280 g/mol. The van der Waals surface area contributed by atoms with Gasteiger partial charge in [-0.25, -0.2) is 4.79 Å². The van der Waals surface area contributed by atoms with E-state index in [4.69, 9.17) is 4.74 Å². The summed E-state index contributed by atoms with van der Waals surface area (Å²) < 4.78 is 5.31. The number of rotatable bonds is 3. The van der Waals surface area contributed by atoms with E-state index in [-0.39, 0.29) is 11.3 Å². The van der Waals surface area contributed by atoms with Crippen LogP contribution in [0.3, 0.4) is 0 Å². The fraction of sp³-hybridized carbons (Fsp3) is 0.588. The Morgan fingerprint density at radius 2 is 2.00 bits per heavy atom. The van der Waals surface area contributed by atoms with Gasteiger partial charge in [-0.15, -0.1) is 0 Å². The van der Waals surface area contributed by atoms with Gasteiger partial charge in [-0.3, -0.25) is 0 Å². The van der Waals surface area contributed by atoms with E-state index < -0.39 is 11.7 Å². The molecule has 1 aliphatic heterocycles. The van der Waals surface area contributed by atoms with Gasteiger partial charge in [0.1, 0.15) is 11.4 Å². The van der Waals surface area contributed by atoms with Crippen molar-refractivity contribution in [2.45, 2.75) is 51.2 Å². The zero-order valence-electron chi connectivity index (χ0n) is 13.6. The van der Waals surface area contributed by atoms with Gasteiger partial charge in [0.15, 0.2) is 0 Å². The number of aromatic hydroxyl groups is 1. The average molecular weight is 306 g/mol. The molecule has 1 heterocycles. The molecule has 1 aromatic rings. The highest BCUT2D eigenvalue weighted by molar-refractivity contribution is 5.67. The first-order chi connectivity index (χ1) is 10.3. The molecule has 3 N–H and O–H groups in total. The normalized spacial score (nSPS) is 22.1. The van der Waals surface area contributed by atoms with Gasteiger partial charge < -0.3 is 20.5 Å². The van der Waals surface area contributed by atoms with E-state index in [9.17, 15) is 9.90 Å². The lowest BCUT2D eigenvalue weighted by molar-refractivity contribution is 0.0502. The van der Waals surface area contributed by atoms with Crippen LogP contribution in [0.4, 0.5) is 4.79 Å². The fourth-order valence-electron chi connectivity index (χ4n) is 2.78. The number of alkyl carbamates (subject to hydrolysis) is 1. The van der Waals surface area contributed by atoms with Gasteiger partial charge in [-0.05, 0) is 64.3 Å². The molecule has 1 fully saturated rings. The number of hydrogen-bond acceptors (Lipinski definition) is 4. The van der Waals surface area contributed by atoms with Crippen LogP contribution in [0.1, 0.15) is 45.6 Å². The maximum atomic E-state index is 11.9. The maximum Gasteiger partial charge on any atom is 0.407 e. The van der Waals surface area contributed by atoms with Crippen molar-refractivity contribution in [2.75, 3.05) is 13.1 Å². The molecule has 0 spiro atoms. The van der Waals surface area contributed by atoms with Crippen molar-refractivity contribution in [2.24, 2.45) is 0 Å². The van der Waals surface area contributed by atoms with Crippen LogP contribution in [0.15, 0.2) is 24.3 Å². The zero-order chi connectivity index (χ0) is 16.2. The first-order valence-corrected chi connectivity index (χ1v) is 7.82. The van der Waals surface area contributed by atoms with Crippen molar-refractivity contribution in [1.29, 1.82) is 0 Å². The number of carbonyl (C=O) groups excluding carboxylic acids is 1. The van der Waals surface area contributed by atoms with Gasteiger partial charge in [0, 0.05) is 6.54 Å². The molecule has 0 saturated carbocycles. The van der Waals surface area contributed by atoms with Crippen molar-refractivity contribution in [1.82, 2.24) is 10.6 Å². The predicted octanol–water partition coefficient (Wildman–Crippen LogP) is 2.89. The number of hydrogen-bond donors (Lipinski definition) is 3. The topological polar surface area (TPSA) is 70.6 Å². The quantitative estimate of drug-likeness (QED) is 0.803. The van der Waals surface area contributed by atoms with Gasteiger partial charge in [0.2, 0.25) is 0 Å². The molecule has 0 aliphatic carbocycles. The second-order valence-electron chi connectivity index (χ2n) is 6.87. The number of piperidine rings is 1. The summed E-state index contributed by atoms with van der Waals surface area (Å²) in [5, 5.41) is 15.9. The van der Waals surface area contributed by atoms with Crippen LogP contribution in [0.5, 0.6) is 5.75 Å². The molecule has 0 radical (unpaired) electrons. The smallest absolute Gasteiger partial charge is 0.407 e. The summed E-state index contributed by atoms with van der Waals surface area (Å²) in [6.45, 7) is 6.92. The number of amides is 1. The van der Waals surface area contributed by atoms with Gasteiger partial charge in [-0.2, -0.15) is 0 Å². The minimum absolute atomic E-state index is 0.245. The Balaban J connectivity index is 2.09. The summed E-state index contributed by atoms with van der Waals surface area (Å²) >= 11 is 0. The Morgan fingerprint density at radius 1 is 1.32 bits per heavy atom. The largest absolute Gasteiger partial charge is 0.508 e. The predicted molar refractivity (Wildman–Crippen MR) is 85.9 cm³/mol. The van der Waals surface area contributed by atoms with Crippen LogP contribution in [0, 0.1) is 0 Å². The van der Waals surface area contributed by atoms with Crippen LogP contribution < -0.4 is 10.6 Å². The number of nitrogens with one attached hydrogen (secondary N) is 2. The van der Waals surface area contributed by atoms with Crippen molar-refractivity contribution in [3.05, 3.63) is 29.8 Å². The second kappa shape index (κ2) is 6.57. The Morgan fingerprint density at radius 3 is 2.55 bits per heavy atom. The zero-order valence-corrected chi connectivity index (χ0v) is 13.6. The molecule has 1 saturated heterocycles. The molecule has 5 nitrogen and oxygen atoms in total. The summed E-state index contributed by atoms with van der Waals surface area (Å²) in [6, 6.07) is 7.18. The van der Waals surface area contributed by atoms with Gasteiger partial charge in [0.25, 0.3) is 0 Å². The monoisotopic (exact) mass is 306 g/mol. The molecule has 2 rings (SSSR count). The summed E-state index contributed by atoms with van der Waals surface area (Å²) in [5.41, 5.74) is 0.264. The maximum absolute atomic E-state index is 11.9. The standard InChI is InChI=1S/C17H26N2O3/c1-16(2,3)22-15(21)18-12-17(10-4-5-11-19-17)13-6-8-14(20)9-7-13/h6-9,19-20H,4-5,10-12H2,1-3H3,(H,18,21). The van der Waals surface area contributed by atoms with E-state index in [2.05, 4.69) is 10.6 Å². The van der Waals surface area contributed by atoms with E-state index in [0.29, 0.717) is 6.54 Å². The average Bonchev–Trinajstić information content (AvgIpc) is 2.45. The van der Waals surface area contributed by atoms with E-state index in [1.165, 1.54) is 0 Å². The lowest BCUT2D eigenvalue weighted by atomic mass is 9.82. The van der Waals surface area contributed by atoms with E-state index >= 15 is 0 Å². The van der Waals surface area contributed by atoms with Crippen molar-refractivity contribution >= 4 is 6.09 Å². The summed E-state index contributed by atoms with van der Waals surface area (Å²) in [7, 11) is 0. The Labute approximate surface area is 132 Å². The number of ether oxygens (including phenoxy) is 1. The minimum Gasteiger partial charge on any atom is -0.508 e. The van der Waals surface area contributed by atoms with Crippen LogP contribution in [0.2, 0.25) is 0 Å². The first kappa shape index (κ1) is 16.6. The molecule has 0 aromatic heterocycles. The van der Waals surface area contributed by atoms with Crippen molar-refractivity contribution in [3.63, 3.8) is 0 Å². The molecule has 22 heavy (non-hydrogen) atoms. The number of phenols is 1. The van der Waals surface area contributed by atoms with Gasteiger partial charge >= 0.3 is 6.09 Å². The Kier molecular flexibility index (Phi) is 4.96. The third-order valence-electron chi connectivity index (χ3n) is 3.85. The Hall–Kier alpha value is -1.75. The third-order valence-corrected chi connectivity index (χ3v) is 3.85. The molecule has 1 unspecified atom stereocenters. The first-order valence-electron chi connectivity index (χ1n) is 7.82. The lowest BCUT2D eigenvalue weighted by Gasteiger charge is -2.39. The molecule has 122 valence electrons. The second-order valence-corrected chi connectivity index (χ2v) is 6.87. The van der Waals surface area contributed by atoms with Crippen LogP contribution in [0.25, 0.3) is 0 Å². The van der Waals surface area contributed by atoms with Crippen molar-refractivity contribution in [3.8, 4) is 5.75 Å². The summed E-state index contributed by atoms with van der Waals surface area (Å²) in [4.78, 5) is 11.9. The third kappa shape index (κ3) is 4.37. The highest BCUT2D eigenvalue weighted by Gasteiger charge is 2.34. The van der Waals surface area contributed by atoms with E-state index in [1.54, 1.807) is 12.1 Å². The molecule has 1 aromatic carbocycles. The fourth-order valence-corrected chi connectivity index (χ4v) is 2.78. The molecule has 1 atom stereocenters. The van der Waals surface area contributed by atoms with Gasteiger partial charge in [-0.1, -0.05) is 12.1 Å². The molecule has 0 bridgehead atoms. The molecule has 5 heteroatoms. The van der Waals surface area contributed by atoms with E-state index in [0.717, 1.165) is 31.4 Å². The minimum atomic E-state index is -0.504. The van der Waals surface area contributed by atoms with Crippen LogP contribution in [-0.4, -0.2) is 29.9 Å². The number of benzene rings is 1. The lowest BCUT2D eigenvalue weighted by Crippen LogP contribution is -2.53. The van der Waals surface area contributed by atoms with Gasteiger partial charge in [0.05, 0.1) is 5.54 Å². The number of carbonyl (C=O) groups is 1. The summed E-state index contributed by atoms with van der Waals surface area (Å²) in [5.74, 6) is 0.245. The molecule has 1 amide bonds. The highest BCUT2D eigenvalue weighted by atomic mass is 16.6.